The molecule has 5 nitrogen and oxygen atoms in total. The number of hydrazine groups is 1. The highest BCUT2D eigenvalue weighted by Gasteiger charge is 2.39. The highest BCUT2D eigenvalue weighted by molar-refractivity contribution is 6.08. The summed E-state index contributed by atoms with van der Waals surface area (Å²) in [6.07, 6.45) is 1.68. The zero-order chi connectivity index (χ0) is 18.0. The summed E-state index contributed by atoms with van der Waals surface area (Å²) >= 11 is 0. The molecule has 3 N–H and O–H groups in total. The van der Waals surface area contributed by atoms with Crippen molar-refractivity contribution in [1.29, 1.82) is 0 Å². The smallest absolute Gasteiger partial charge is 0.253 e. The van der Waals surface area contributed by atoms with Crippen LogP contribution in [-0.4, -0.2) is 11.8 Å². The van der Waals surface area contributed by atoms with Crippen LogP contribution < -0.4 is 16.2 Å². The fourth-order valence-electron chi connectivity index (χ4n) is 3.42. The lowest BCUT2D eigenvalue weighted by Crippen LogP contribution is -2.36. The summed E-state index contributed by atoms with van der Waals surface area (Å²) in [6.45, 7) is 4.13. The number of para-hydroxylation sites is 2. The molecule has 0 fully saturated rings. The Labute approximate surface area is 147 Å². The average molecular weight is 337 g/mol. The number of rotatable bonds is 6. The van der Waals surface area contributed by atoms with Gasteiger partial charge in [0.15, 0.2) is 0 Å². The molecular formula is C20H23N3O2. The number of nitrogens with two attached hydrogens (primary N) is 1. The Bertz CT molecular complexity index is 816. The van der Waals surface area contributed by atoms with E-state index in [2.05, 4.69) is 19.3 Å². The minimum atomic E-state index is -0.528. The van der Waals surface area contributed by atoms with E-state index in [1.165, 1.54) is 0 Å². The molecule has 5 heteroatoms. The normalized spacial score (nSPS) is 16.0. The molecule has 3 rings (SSSR count). The molecule has 2 amide bonds. The molecule has 1 aliphatic rings. The first-order chi connectivity index (χ1) is 12.1. The van der Waals surface area contributed by atoms with Gasteiger partial charge < -0.3 is 5.73 Å². The number of nitrogens with zero attached hydrogens (tertiary/aromatic N) is 1. The van der Waals surface area contributed by atoms with Gasteiger partial charge in [0, 0.05) is 6.42 Å². The first-order valence-corrected chi connectivity index (χ1v) is 8.65. The van der Waals surface area contributed by atoms with Gasteiger partial charge in [-0.1, -0.05) is 50.2 Å². The lowest BCUT2D eigenvalue weighted by atomic mass is 9.95. The second kappa shape index (κ2) is 6.97. The van der Waals surface area contributed by atoms with Gasteiger partial charge >= 0.3 is 0 Å². The number of hydrogen-bond donors (Lipinski definition) is 2. The molecular weight excluding hydrogens is 314 g/mol. The van der Waals surface area contributed by atoms with E-state index in [4.69, 9.17) is 5.73 Å². The molecule has 2 aromatic carbocycles. The van der Waals surface area contributed by atoms with Crippen molar-refractivity contribution in [3.8, 4) is 0 Å². The van der Waals surface area contributed by atoms with Crippen molar-refractivity contribution in [2.45, 2.75) is 39.0 Å². The zero-order valence-electron chi connectivity index (χ0n) is 14.6. The van der Waals surface area contributed by atoms with Gasteiger partial charge in [-0.2, -0.15) is 0 Å². The van der Waals surface area contributed by atoms with Crippen LogP contribution in [0.3, 0.4) is 0 Å². The third-order valence-corrected chi connectivity index (χ3v) is 4.69. The molecule has 2 aromatic rings. The van der Waals surface area contributed by atoms with Crippen molar-refractivity contribution >= 4 is 23.2 Å². The predicted molar refractivity (Wildman–Crippen MR) is 99.3 cm³/mol. The van der Waals surface area contributed by atoms with Gasteiger partial charge in [-0.3, -0.25) is 15.0 Å². The van der Waals surface area contributed by atoms with Crippen LogP contribution >= 0.6 is 0 Å². The molecule has 1 unspecified atom stereocenters. The number of fused-ring (bicyclic) bond motifs is 1. The van der Waals surface area contributed by atoms with Crippen LogP contribution in [0.4, 0.5) is 11.4 Å². The lowest BCUT2D eigenvalue weighted by Gasteiger charge is -2.23. The third kappa shape index (κ3) is 3.09. The van der Waals surface area contributed by atoms with E-state index in [-0.39, 0.29) is 12.3 Å². The Morgan fingerprint density at radius 2 is 1.76 bits per heavy atom. The van der Waals surface area contributed by atoms with Crippen LogP contribution in [0.5, 0.6) is 0 Å². The molecule has 0 radical (unpaired) electrons. The fourth-order valence-corrected chi connectivity index (χ4v) is 3.42. The quantitative estimate of drug-likeness (QED) is 0.850. The van der Waals surface area contributed by atoms with Crippen LogP contribution in [0, 0.1) is 0 Å². The summed E-state index contributed by atoms with van der Waals surface area (Å²) in [6, 6.07) is 13.8. The molecule has 130 valence electrons. The fraction of sp³-hybridized carbons (Fsp3) is 0.300. The highest BCUT2D eigenvalue weighted by Crippen LogP contribution is 2.41. The number of anilines is 2. The van der Waals surface area contributed by atoms with Gasteiger partial charge in [-0.05, 0) is 35.6 Å². The summed E-state index contributed by atoms with van der Waals surface area (Å²) in [5.74, 6) is -1.14. The summed E-state index contributed by atoms with van der Waals surface area (Å²) in [7, 11) is 0. The van der Waals surface area contributed by atoms with E-state index in [1.54, 1.807) is 5.01 Å². The van der Waals surface area contributed by atoms with E-state index in [1.807, 2.05) is 42.5 Å². The number of carbonyl (C=O) groups is 2. The van der Waals surface area contributed by atoms with E-state index >= 15 is 0 Å². The Morgan fingerprint density at radius 3 is 2.44 bits per heavy atom. The van der Waals surface area contributed by atoms with Gasteiger partial charge in [-0.15, -0.1) is 0 Å². The van der Waals surface area contributed by atoms with Crippen molar-refractivity contribution in [2.24, 2.45) is 5.73 Å². The number of carbonyl (C=O) groups excluding carboxylic acids is 2. The SMILES string of the molecule is CCc1ccccc1NN1C(=O)C(CC(N)=O)c2cccc(CC)c21. The summed E-state index contributed by atoms with van der Waals surface area (Å²) in [5.41, 5.74) is 13.5. The molecule has 0 bridgehead atoms. The summed E-state index contributed by atoms with van der Waals surface area (Å²) in [4.78, 5) is 24.5. The number of nitrogens with one attached hydrogen (secondary N) is 1. The minimum Gasteiger partial charge on any atom is -0.370 e. The number of primary amides is 1. The number of aryl methyl sites for hydroxylation is 2. The van der Waals surface area contributed by atoms with E-state index in [9.17, 15) is 9.59 Å². The highest BCUT2D eigenvalue weighted by atomic mass is 16.2. The molecule has 25 heavy (non-hydrogen) atoms. The number of amides is 2. The molecule has 0 saturated carbocycles. The predicted octanol–water partition coefficient (Wildman–Crippen LogP) is 3.14. The molecule has 0 spiro atoms. The van der Waals surface area contributed by atoms with Crippen molar-refractivity contribution in [3.63, 3.8) is 0 Å². The summed E-state index contributed by atoms with van der Waals surface area (Å²) in [5, 5.41) is 1.59. The van der Waals surface area contributed by atoms with Crippen LogP contribution in [0.1, 0.15) is 42.9 Å². The van der Waals surface area contributed by atoms with Crippen molar-refractivity contribution in [3.05, 3.63) is 59.2 Å². The van der Waals surface area contributed by atoms with Crippen molar-refractivity contribution in [2.75, 3.05) is 10.4 Å². The number of benzene rings is 2. The van der Waals surface area contributed by atoms with Gasteiger partial charge in [0.1, 0.15) is 0 Å². The third-order valence-electron chi connectivity index (χ3n) is 4.69. The first-order valence-electron chi connectivity index (χ1n) is 8.65. The first kappa shape index (κ1) is 17.0. The molecule has 1 heterocycles. The lowest BCUT2D eigenvalue weighted by molar-refractivity contribution is -0.124. The van der Waals surface area contributed by atoms with E-state index in [0.717, 1.165) is 40.9 Å². The largest absolute Gasteiger partial charge is 0.370 e. The maximum Gasteiger partial charge on any atom is 0.253 e. The van der Waals surface area contributed by atoms with Crippen molar-refractivity contribution in [1.82, 2.24) is 0 Å². The van der Waals surface area contributed by atoms with Gasteiger partial charge in [-0.25, -0.2) is 5.01 Å². The van der Waals surface area contributed by atoms with Gasteiger partial charge in [0.2, 0.25) is 5.91 Å². The molecule has 0 saturated heterocycles. The Morgan fingerprint density at radius 1 is 1.08 bits per heavy atom. The second-order valence-corrected chi connectivity index (χ2v) is 6.23. The van der Waals surface area contributed by atoms with Gasteiger partial charge in [0.25, 0.3) is 5.91 Å². The van der Waals surface area contributed by atoms with Crippen LogP contribution in [0.15, 0.2) is 42.5 Å². The second-order valence-electron chi connectivity index (χ2n) is 6.23. The Balaban J connectivity index is 2.05. The Hall–Kier alpha value is -2.82. The maximum absolute atomic E-state index is 13.0. The summed E-state index contributed by atoms with van der Waals surface area (Å²) < 4.78 is 0. The standard InChI is InChI=1S/C20H23N3O2/c1-3-13-8-5-6-11-17(13)22-23-19-14(4-2)9-7-10-15(19)16(20(23)25)12-18(21)24/h5-11,16,22H,3-4,12H2,1-2H3,(H2,21,24). The minimum absolute atomic E-state index is 0.0204. The molecule has 1 atom stereocenters. The topological polar surface area (TPSA) is 75.4 Å². The van der Waals surface area contributed by atoms with Crippen molar-refractivity contribution < 1.29 is 9.59 Å². The van der Waals surface area contributed by atoms with Crippen LogP contribution in [0.25, 0.3) is 0 Å². The van der Waals surface area contributed by atoms with E-state index < -0.39 is 11.8 Å². The maximum atomic E-state index is 13.0. The zero-order valence-corrected chi connectivity index (χ0v) is 14.6. The average Bonchev–Trinajstić information content (AvgIpc) is 2.87. The van der Waals surface area contributed by atoms with Gasteiger partial charge in [0.05, 0.1) is 17.3 Å². The van der Waals surface area contributed by atoms with E-state index in [0.29, 0.717) is 0 Å². The molecule has 0 aliphatic carbocycles. The Kier molecular flexibility index (Phi) is 4.74. The molecule has 0 aromatic heterocycles. The van der Waals surface area contributed by atoms with Crippen LogP contribution in [-0.2, 0) is 22.4 Å². The molecule has 1 aliphatic heterocycles. The van der Waals surface area contributed by atoms with Crippen LogP contribution in [0.2, 0.25) is 0 Å². The number of hydrogen-bond acceptors (Lipinski definition) is 3. The monoisotopic (exact) mass is 337 g/mol.